The van der Waals surface area contributed by atoms with Gasteiger partial charge >= 0.3 is 0 Å². The van der Waals surface area contributed by atoms with Crippen LogP contribution in [0.25, 0.3) is 0 Å². The molecule has 0 fully saturated rings. The minimum atomic E-state index is -4.32. The summed E-state index contributed by atoms with van der Waals surface area (Å²) in [6.07, 6.45) is 2.92. The molecule has 1 heterocycles. The Hall–Kier alpha value is -1.97. The van der Waals surface area contributed by atoms with Crippen LogP contribution >= 0.6 is 0 Å². The number of aliphatic hydroxyl groups is 1. The summed E-state index contributed by atoms with van der Waals surface area (Å²) < 4.78 is 65.4. The molecule has 1 N–H and O–H groups in total. The van der Waals surface area contributed by atoms with Gasteiger partial charge in [0.25, 0.3) is 0 Å². The van der Waals surface area contributed by atoms with E-state index in [1.54, 1.807) is 12.1 Å². The number of rotatable bonds is 6. The van der Waals surface area contributed by atoms with Crippen molar-refractivity contribution in [3.8, 4) is 0 Å². The molecule has 1 aromatic heterocycles. The van der Waals surface area contributed by atoms with Gasteiger partial charge in [0.2, 0.25) is 10.0 Å². The molecule has 0 bridgehead atoms. The van der Waals surface area contributed by atoms with Crippen LogP contribution in [0.1, 0.15) is 5.56 Å². The summed E-state index contributed by atoms with van der Waals surface area (Å²) in [6, 6.07) is 4.01. The average molecular weight is 346 g/mol. The molecule has 1 aromatic carbocycles. The quantitative estimate of drug-likeness (QED) is 0.808. The number of nitrogens with zero attached hydrogens (tertiary/aromatic N) is 2. The molecular weight excluding hydrogens is 333 g/mol. The summed E-state index contributed by atoms with van der Waals surface area (Å²) in [4.78, 5) is 3.11. The van der Waals surface area contributed by atoms with Crippen molar-refractivity contribution in [3.63, 3.8) is 0 Å². The second kappa shape index (κ2) is 7.07. The molecule has 9 heteroatoms. The fourth-order valence-electron chi connectivity index (χ4n) is 1.92. The van der Waals surface area contributed by atoms with E-state index in [1.807, 2.05) is 0 Å². The van der Waals surface area contributed by atoms with Gasteiger partial charge in [0, 0.05) is 25.5 Å². The van der Waals surface area contributed by atoms with Crippen molar-refractivity contribution in [3.05, 3.63) is 59.7 Å². The van der Waals surface area contributed by atoms with Gasteiger partial charge < -0.3 is 5.11 Å². The van der Waals surface area contributed by atoms with Gasteiger partial charge in [-0.15, -0.1) is 0 Å². The zero-order valence-corrected chi connectivity index (χ0v) is 12.6. The van der Waals surface area contributed by atoms with Crippen molar-refractivity contribution in [1.82, 2.24) is 9.29 Å². The molecule has 0 saturated carbocycles. The highest BCUT2D eigenvalue weighted by Crippen LogP contribution is 2.22. The Balaban J connectivity index is 2.41. The Labute approximate surface area is 131 Å². The second-order valence-electron chi connectivity index (χ2n) is 4.62. The number of sulfonamides is 1. The van der Waals surface area contributed by atoms with E-state index in [9.17, 15) is 21.6 Å². The van der Waals surface area contributed by atoms with Crippen LogP contribution in [0, 0.1) is 17.5 Å². The Kier molecular flexibility index (Phi) is 5.34. The van der Waals surface area contributed by atoms with E-state index in [-0.39, 0.29) is 13.1 Å². The maximum Gasteiger partial charge on any atom is 0.243 e. The standard InChI is InChI=1S/C14H13F3N2O3S/c15-12-6-11(7-13(16)14(12)17)23(21,22)19(4-5-20)9-10-2-1-3-18-8-10/h1-3,6-8,20H,4-5,9H2. The molecule has 0 aliphatic carbocycles. The van der Waals surface area contributed by atoms with Gasteiger partial charge in [0.15, 0.2) is 17.5 Å². The van der Waals surface area contributed by atoms with E-state index in [0.29, 0.717) is 17.7 Å². The average Bonchev–Trinajstić information content (AvgIpc) is 2.52. The Morgan fingerprint density at radius 2 is 1.83 bits per heavy atom. The number of halogens is 3. The van der Waals surface area contributed by atoms with Gasteiger partial charge in [-0.2, -0.15) is 4.31 Å². The minimum Gasteiger partial charge on any atom is -0.395 e. The first-order chi connectivity index (χ1) is 10.9. The zero-order valence-electron chi connectivity index (χ0n) is 11.8. The molecule has 0 atom stereocenters. The van der Waals surface area contributed by atoms with Crippen LogP contribution in [0.3, 0.4) is 0 Å². The van der Waals surface area contributed by atoms with Crippen LogP contribution < -0.4 is 0 Å². The molecule has 124 valence electrons. The van der Waals surface area contributed by atoms with Crippen LogP contribution in [-0.2, 0) is 16.6 Å². The Bertz CT molecular complexity index is 762. The van der Waals surface area contributed by atoms with E-state index in [2.05, 4.69) is 4.98 Å². The van der Waals surface area contributed by atoms with Crippen molar-refractivity contribution in [1.29, 1.82) is 0 Å². The lowest BCUT2D eigenvalue weighted by Crippen LogP contribution is -2.33. The van der Waals surface area contributed by atoms with Gasteiger partial charge in [-0.25, -0.2) is 21.6 Å². The highest BCUT2D eigenvalue weighted by molar-refractivity contribution is 7.89. The van der Waals surface area contributed by atoms with E-state index >= 15 is 0 Å². The van der Waals surface area contributed by atoms with Crippen molar-refractivity contribution >= 4 is 10.0 Å². The molecule has 0 spiro atoms. The molecule has 0 unspecified atom stereocenters. The van der Waals surface area contributed by atoms with E-state index in [1.165, 1.54) is 12.4 Å². The van der Waals surface area contributed by atoms with Crippen LogP contribution in [0.5, 0.6) is 0 Å². The Morgan fingerprint density at radius 1 is 1.17 bits per heavy atom. The summed E-state index contributed by atoms with van der Waals surface area (Å²) in [5.41, 5.74) is 0.521. The summed E-state index contributed by atoms with van der Waals surface area (Å²) >= 11 is 0. The second-order valence-corrected chi connectivity index (χ2v) is 6.56. The minimum absolute atomic E-state index is 0.155. The third kappa shape index (κ3) is 3.87. The largest absolute Gasteiger partial charge is 0.395 e. The molecule has 5 nitrogen and oxygen atoms in total. The number of aromatic nitrogens is 1. The van der Waals surface area contributed by atoms with Crippen molar-refractivity contribution in [2.45, 2.75) is 11.4 Å². The number of benzene rings is 1. The summed E-state index contributed by atoms with van der Waals surface area (Å²) in [5, 5.41) is 9.05. The molecule has 23 heavy (non-hydrogen) atoms. The normalized spacial score (nSPS) is 11.9. The first-order valence-corrected chi connectivity index (χ1v) is 7.94. The summed E-state index contributed by atoms with van der Waals surface area (Å²) in [6.45, 7) is -0.944. The van der Waals surface area contributed by atoms with Crippen LogP contribution in [-0.4, -0.2) is 36.0 Å². The first-order valence-electron chi connectivity index (χ1n) is 6.50. The predicted molar refractivity (Wildman–Crippen MR) is 75.2 cm³/mol. The summed E-state index contributed by atoms with van der Waals surface area (Å²) in [7, 11) is -4.32. The monoisotopic (exact) mass is 346 g/mol. The predicted octanol–water partition coefficient (Wildman–Crippen LogP) is 1.68. The van der Waals surface area contributed by atoms with Crippen LogP contribution in [0.4, 0.5) is 13.2 Å². The fraction of sp³-hybridized carbons (Fsp3) is 0.214. The lowest BCUT2D eigenvalue weighted by Gasteiger charge is -2.21. The van der Waals surface area contributed by atoms with Gasteiger partial charge in [-0.05, 0) is 23.8 Å². The lowest BCUT2D eigenvalue weighted by atomic mass is 10.3. The number of hydrogen-bond acceptors (Lipinski definition) is 4. The van der Waals surface area contributed by atoms with Crippen molar-refractivity contribution in [2.24, 2.45) is 0 Å². The van der Waals surface area contributed by atoms with Gasteiger partial charge in [0.05, 0.1) is 11.5 Å². The number of aliphatic hydroxyl groups excluding tert-OH is 1. The number of hydrogen-bond donors (Lipinski definition) is 1. The molecular formula is C14H13F3N2O3S. The summed E-state index contributed by atoms with van der Waals surface area (Å²) in [5.74, 6) is -4.95. The molecule has 0 radical (unpaired) electrons. The molecule has 0 amide bonds. The van der Waals surface area contributed by atoms with Gasteiger partial charge in [-0.1, -0.05) is 6.07 Å². The van der Waals surface area contributed by atoms with Gasteiger partial charge in [-0.3, -0.25) is 4.98 Å². The molecule has 2 rings (SSSR count). The lowest BCUT2D eigenvalue weighted by molar-refractivity contribution is 0.251. The zero-order chi connectivity index (χ0) is 17.0. The third-order valence-corrected chi connectivity index (χ3v) is 4.85. The molecule has 2 aromatic rings. The number of pyridine rings is 1. The highest BCUT2D eigenvalue weighted by Gasteiger charge is 2.27. The van der Waals surface area contributed by atoms with E-state index in [4.69, 9.17) is 5.11 Å². The Morgan fingerprint density at radius 3 is 2.35 bits per heavy atom. The van der Waals surface area contributed by atoms with Crippen LogP contribution in [0.15, 0.2) is 41.6 Å². The van der Waals surface area contributed by atoms with E-state index in [0.717, 1.165) is 4.31 Å². The maximum atomic E-state index is 13.3. The molecule has 0 saturated heterocycles. The first kappa shape index (κ1) is 17.4. The molecule has 0 aliphatic rings. The molecule has 0 aliphatic heterocycles. The topological polar surface area (TPSA) is 70.5 Å². The SMILES string of the molecule is O=S(=O)(c1cc(F)c(F)c(F)c1)N(CCO)Cc1cccnc1. The van der Waals surface area contributed by atoms with Crippen molar-refractivity contribution < 1.29 is 26.7 Å². The highest BCUT2D eigenvalue weighted by atomic mass is 32.2. The van der Waals surface area contributed by atoms with Crippen LogP contribution in [0.2, 0.25) is 0 Å². The van der Waals surface area contributed by atoms with Crippen molar-refractivity contribution in [2.75, 3.05) is 13.2 Å². The van der Waals surface area contributed by atoms with Gasteiger partial charge in [0.1, 0.15) is 0 Å². The smallest absolute Gasteiger partial charge is 0.243 e. The fourth-order valence-corrected chi connectivity index (χ4v) is 3.37. The maximum absolute atomic E-state index is 13.3. The third-order valence-electron chi connectivity index (χ3n) is 3.03. The van der Waals surface area contributed by atoms with E-state index < -0.39 is 39.0 Å².